The molecule has 0 bridgehead atoms. The summed E-state index contributed by atoms with van der Waals surface area (Å²) < 4.78 is 20.4. The van der Waals surface area contributed by atoms with Crippen molar-refractivity contribution in [2.45, 2.75) is 13.5 Å². The van der Waals surface area contributed by atoms with Crippen LogP contribution in [0.2, 0.25) is 0 Å². The van der Waals surface area contributed by atoms with E-state index in [1.54, 1.807) is 25.1 Å². The minimum atomic E-state index is -0.530. The van der Waals surface area contributed by atoms with Crippen LogP contribution in [-0.4, -0.2) is 30.4 Å². The van der Waals surface area contributed by atoms with Crippen LogP contribution in [0.4, 0.5) is 0 Å². The van der Waals surface area contributed by atoms with E-state index in [1.807, 2.05) is 0 Å². The van der Waals surface area contributed by atoms with Crippen LogP contribution in [0.15, 0.2) is 22.6 Å². The van der Waals surface area contributed by atoms with Crippen molar-refractivity contribution in [2.75, 3.05) is 14.2 Å². The first kappa shape index (κ1) is 13.9. The molecular weight excluding hydrogens is 264 g/mol. The number of methoxy groups -OCH3 is 2. The van der Waals surface area contributed by atoms with E-state index in [4.69, 9.17) is 18.6 Å². The van der Waals surface area contributed by atoms with E-state index >= 15 is 0 Å². The summed E-state index contributed by atoms with van der Waals surface area (Å²) in [5, 5.41) is 7.38. The van der Waals surface area contributed by atoms with E-state index in [0.717, 1.165) is 0 Å². The molecule has 7 heteroatoms. The van der Waals surface area contributed by atoms with E-state index < -0.39 is 5.97 Å². The predicted molar refractivity (Wildman–Crippen MR) is 67.7 cm³/mol. The Balaban J connectivity index is 2.08. The number of carbonyl (C=O) groups excluding carboxylic acids is 1. The number of benzene rings is 1. The zero-order valence-corrected chi connectivity index (χ0v) is 11.4. The lowest BCUT2D eigenvalue weighted by Gasteiger charge is -2.07. The summed E-state index contributed by atoms with van der Waals surface area (Å²) in [5.74, 6) is 1.14. The van der Waals surface area contributed by atoms with E-state index in [0.29, 0.717) is 23.0 Å². The molecule has 106 valence electrons. The van der Waals surface area contributed by atoms with Gasteiger partial charge in [-0.2, -0.15) is 0 Å². The average Bonchev–Trinajstić information content (AvgIpc) is 2.89. The van der Waals surface area contributed by atoms with Gasteiger partial charge in [0.25, 0.3) is 5.89 Å². The molecule has 0 unspecified atom stereocenters. The fourth-order valence-electron chi connectivity index (χ4n) is 1.53. The van der Waals surface area contributed by atoms with E-state index in [2.05, 4.69) is 10.2 Å². The topological polar surface area (TPSA) is 83.7 Å². The number of hydrogen-bond donors (Lipinski definition) is 0. The fourth-order valence-corrected chi connectivity index (χ4v) is 1.53. The van der Waals surface area contributed by atoms with Crippen molar-refractivity contribution in [3.63, 3.8) is 0 Å². The van der Waals surface area contributed by atoms with Gasteiger partial charge in [0.1, 0.15) is 11.5 Å². The van der Waals surface area contributed by atoms with Crippen molar-refractivity contribution in [3.05, 3.63) is 35.5 Å². The van der Waals surface area contributed by atoms with Crippen molar-refractivity contribution >= 4 is 5.97 Å². The molecular formula is C13H14N2O5. The summed E-state index contributed by atoms with van der Waals surface area (Å²) in [5.41, 5.74) is 0.317. The van der Waals surface area contributed by atoms with Gasteiger partial charge in [-0.05, 0) is 12.1 Å². The van der Waals surface area contributed by atoms with Crippen molar-refractivity contribution in [2.24, 2.45) is 0 Å². The van der Waals surface area contributed by atoms with Crippen molar-refractivity contribution in [3.8, 4) is 11.5 Å². The molecule has 0 radical (unpaired) electrons. The minimum Gasteiger partial charge on any atom is -0.497 e. The van der Waals surface area contributed by atoms with Gasteiger partial charge in [0.2, 0.25) is 5.89 Å². The molecule has 1 aromatic heterocycles. The van der Waals surface area contributed by atoms with Crippen molar-refractivity contribution in [1.29, 1.82) is 0 Å². The Morgan fingerprint density at radius 2 is 1.80 bits per heavy atom. The Bertz CT molecular complexity index is 586. The van der Waals surface area contributed by atoms with Crippen LogP contribution in [0.25, 0.3) is 0 Å². The number of aryl methyl sites for hydroxylation is 1. The molecule has 0 N–H and O–H groups in total. The molecule has 0 aliphatic carbocycles. The second kappa shape index (κ2) is 6.05. The van der Waals surface area contributed by atoms with Gasteiger partial charge in [-0.1, -0.05) is 0 Å². The van der Waals surface area contributed by atoms with Gasteiger partial charge in [-0.3, -0.25) is 0 Å². The van der Waals surface area contributed by atoms with E-state index in [9.17, 15) is 4.79 Å². The number of nitrogens with zero attached hydrogens (tertiary/aromatic N) is 2. The van der Waals surface area contributed by atoms with Crippen LogP contribution in [0.1, 0.15) is 22.1 Å². The number of rotatable bonds is 5. The Labute approximate surface area is 115 Å². The van der Waals surface area contributed by atoms with Gasteiger partial charge in [-0.25, -0.2) is 4.79 Å². The predicted octanol–water partition coefficient (Wildman–Crippen LogP) is 1.75. The molecule has 0 fully saturated rings. The molecule has 0 aliphatic rings. The highest BCUT2D eigenvalue weighted by Gasteiger charge is 2.13. The number of ether oxygens (including phenoxy) is 3. The molecule has 0 aliphatic heterocycles. The third-order valence-corrected chi connectivity index (χ3v) is 2.48. The normalized spacial score (nSPS) is 10.2. The third-order valence-electron chi connectivity index (χ3n) is 2.48. The summed E-state index contributed by atoms with van der Waals surface area (Å²) in [7, 11) is 3.01. The standard InChI is InChI=1S/C13H14N2O5/c1-8-14-15-12(20-8)7-19-13(16)9-4-10(17-2)6-11(5-9)18-3/h4-6H,7H2,1-3H3. The number of hydrogen-bond acceptors (Lipinski definition) is 7. The monoisotopic (exact) mass is 278 g/mol. The van der Waals surface area contributed by atoms with Crippen LogP contribution in [0.3, 0.4) is 0 Å². The molecule has 1 aromatic carbocycles. The Morgan fingerprint density at radius 3 is 2.30 bits per heavy atom. The van der Waals surface area contributed by atoms with Gasteiger partial charge in [0.05, 0.1) is 19.8 Å². The smallest absolute Gasteiger partial charge is 0.338 e. The molecule has 1 heterocycles. The Kier molecular flexibility index (Phi) is 4.19. The summed E-state index contributed by atoms with van der Waals surface area (Å²) in [6, 6.07) is 4.78. The molecule has 2 aromatic rings. The van der Waals surface area contributed by atoms with Crippen LogP contribution < -0.4 is 9.47 Å². The van der Waals surface area contributed by atoms with Crippen LogP contribution in [0, 0.1) is 6.92 Å². The molecule has 0 saturated carbocycles. The highest BCUT2D eigenvalue weighted by molar-refractivity contribution is 5.90. The second-order valence-corrected chi connectivity index (χ2v) is 3.89. The minimum absolute atomic E-state index is 0.0841. The molecule has 0 saturated heterocycles. The van der Waals surface area contributed by atoms with Gasteiger partial charge >= 0.3 is 5.97 Å². The maximum atomic E-state index is 11.9. The number of carbonyl (C=O) groups is 1. The summed E-state index contributed by atoms with van der Waals surface area (Å²) in [6.07, 6.45) is 0. The molecule has 0 amide bonds. The SMILES string of the molecule is COc1cc(OC)cc(C(=O)OCc2nnc(C)o2)c1. The summed E-state index contributed by atoms with van der Waals surface area (Å²) in [6.45, 7) is 1.57. The quantitative estimate of drug-likeness (QED) is 0.770. The third kappa shape index (κ3) is 3.25. The fraction of sp³-hybridized carbons (Fsp3) is 0.308. The molecule has 2 rings (SSSR count). The maximum Gasteiger partial charge on any atom is 0.338 e. The highest BCUT2D eigenvalue weighted by atomic mass is 16.5. The zero-order valence-electron chi connectivity index (χ0n) is 11.4. The first-order valence-corrected chi connectivity index (χ1v) is 5.81. The Hall–Kier alpha value is -2.57. The van der Waals surface area contributed by atoms with Crippen LogP contribution in [-0.2, 0) is 11.3 Å². The average molecular weight is 278 g/mol. The van der Waals surface area contributed by atoms with Crippen molar-refractivity contribution < 1.29 is 23.4 Å². The lowest BCUT2D eigenvalue weighted by atomic mass is 10.2. The van der Waals surface area contributed by atoms with Gasteiger partial charge in [0.15, 0.2) is 6.61 Å². The first-order chi connectivity index (χ1) is 9.62. The number of esters is 1. The van der Waals surface area contributed by atoms with Crippen molar-refractivity contribution in [1.82, 2.24) is 10.2 Å². The lowest BCUT2D eigenvalue weighted by molar-refractivity contribution is 0.0436. The van der Waals surface area contributed by atoms with E-state index in [1.165, 1.54) is 14.2 Å². The first-order valence-electron chi connectivity index (χ1n) is 5.81. The number of aromatic nitrogens is 2. The molecule has 7 nitrogen and oxygen atoms in total. The van der Waals surface area contributed by atoms with Gasteiger partial charge in [0, 0.05) is 13.0 Å². The molecule has 0 atom stereocenters. The van der Waals surface area contributed by atoms with Gasteiger partial charge < -0.3 is 18.6 Å². The summed E-state index contributed by atoms with van der Waals surface area (Å²) >= 11 is 0. The maximum absolute atomic E-state index is 11.9. The van der Waals surface area contributed by atoms with E-state index in [-0.39, 0.29) is 12.5 Å². The Morgan fingerprint density at radius 1 is 1.15 bits per heavy atom. The molecule has 0 spiro atoms. The largest absolute Gasteiger partial charge is 0.497 e. The second-order valence-electron chi connectivity index (χ2n) is 3.89. The molecule has 20 heavy (non-hydrogen) atoms. The van der Waals surface area contributed by atoms with Gasteiger partial charge in [-0.15, -0.1) is 10.2 Å². The zero-order chi connectivity index (χ0) is 14.5. The lowest BCUT2D eigenvalue weighted by Crippen LogP contribution is -2.06. The highest BCUT2D eigenvalue weighted by Crippen LogP contribution is 2.23. The van der Waals surface area contributed by atoms with Crippen LogP contribution in [0.5, 0.6) is 11.5 Å². The summed E-state index contributed by atoms with van der Waals surface area (Å²) in [4.78, 5) is 11.9. The van der Waals surface area contributed by atoms with Crippen LogP contribution >= 0.6 is 0 Å².